The molecule has 4 nitrogen and oxygen atoms in total. The first-order valence-electron chi connectivity index (χ1n) is 4.91. The minimum atomic E-state index is -4.35. The summed E-state index contributed by atoms with van der Waals surface area (Å²) in [6.45, 7) is 0.216. The zero-order chi connectivity index (χ0) is 13.1. The number of pyridine rings is 1. The molecule has 0 amide bonds. The molecular weight excluding hydrogens is 235 g/mol. The Morgan fingerprint density at radius 2 is 2.12 bits per heavy atom. The molecule has 0 aliphatic rings. The highest BCUT2D eigenvalue weighted by molar-refractivity contribution is 5.42. The van der Waals surface area contributed by atoms with E-state index in [-0.39, 0.29) is 12.4 Å². The number of aromatic nitrogens is 1. The molecule has 0 spiro atoms. The normalized spacial score (nSPS) is 13.7. The van der Waals surface area contributed by atoms with Crippen molar-refractivity contribution >= 4 is 5.82 Å². The molecule has 17 heavy (non-hydrogen) atoms. The Bertz CT molecular complexity index is 382. The SMILES string of the molecule is Cc1cnc(N)c(C(N)COCC(F)(F)F)c1. The lowest BCUT2D eigenvalue weighted by Gasteiger charge is -2.15. The van der Waals surface area contributed by atoms with E-state index >= 15 is 0 Å². The van der Waals surface area contributed by atoms with E-state index in [4.69, 9.17) is 11.5 Å². The maximum Gasteiger partial charge on any atom is 0.411 e. The van der Waals surface area contributed by atoms with Gasteiger partial charge in [0.15, 0.2) is 0 Å². The molecule has 0 saturated heterocycles. The number of alkyl halides is 3. The van der Waals surface area contributed by atoms with Gasteiger partial charge in [-0.15, -0.1) is 0 Å². The van der Waals surface area contributed by atoms with Crippen LogP contribution in [0.3, 0.4) is 0 Å². The van der Waals surface area contributed by atoms with Crippen molar-refractivity contribution in [2.45, 2.75) is 19.1 Å². The number of hydrogen-bond donors (Lipinski definition) is 2. The highest BCUT2D eigenvalue weighted by atomic mass is 19.4. The first-order chi connectivity index (χ1) is 7.79. The number of hydrogen-bond acceptors (Lipinski definition) is 4. The number of rotatable bonds is 4. The predicted molar refractivity (Wildman–Crippen MR) is 57.2 cm³/mol. The molecule has 1 rings (SSSR count). The minimum Gasteiger partial charge on any atom is -0.383 e. The first-order valence-corrected chi connectivity index (χ1v) is 4.91. The van der Waals surface area contributed by atoms with Crippen molar-refractivity contribution in [3.8, 4) is 0 Å². The van der Waals surface area contributed by atoms with Gasteiger partial charge < -0.3 is 16.2 Å². The standard InChI is InChI=1S/C10H14F3N3O/c1-6-2-7(9(15)16-3-6)8(14)4-17-5-10(11,12)13/h2-3,8H,4-5,14H2,1H3,(H2,15,16). The van der Waals surface area contributed by atoms with Gasteiger partial charge in [-0.1, -0.05) is 0 Å². The van der Waals surface area contributed by atoms with Crippen molar-refractivity contribution in [2.75, 3.05) is 18.9 Å². The van der Waals surface area contributed by atoms with Crippen molar-refractivity contribution in [1.29, 1.82) is 0 Å². The second-order valence-corrected chi connectivity index (χ2v) is 3.72. The third-order valence-corrected chi connectivity index (χ3v) is 2.05. The summed E-state index contributed by atoms with van der Waals surface area (Å²) in [4.78, 5) is 3.88. The molecule has 0 saturated carbocycles. The highest BCUT2D eigenvalue weighted by Gasteiger charge is 2.27. The van der Waals surface area contributed by atoms with E-state index in [1.54, 1.807) is 19.2 Å². The zero-order valence-corrected chi connectivity index (χ0v) is 9.29. The predicted octanol–water partition coefficient (Wildman–Crippen LogP) is 1.55. The number of nitrogens with zero attached hydrogens (tertiary/aromatic N) is 1. The van der Waals surface area contributed by atoms with Crippen LogP contribution in [0.2, 0.25) is 0 Å². The average molecular weight is 249 g/mol. The molecule has 1 heterocycles. The molecule has 1 atom stereocenters. The molecular formula is C10H14F3N3O. The molecule has 0 radical (unpaired) electrons. The second-order valence-electron chi connectivity index (χ2n) is 3.72. The van der Waals surface area contributed by atoms with Crippen LogP contribution in [0.4, 0.5) is 19.0 Å². The van der Waals surface area contributed by atoms with E-state index < -0.39 is 18.8 Å². The quantitative estimate of drug-likeness (QED) is 0.849. The van der Waals surface area contributed by atoms with Gasteiger partial charge in [-0.05, 0) is 18.6 Å². The maximum absolute atomic E-state index is 11.8. The zero-order valence-electron chi connectivity index (χ0n) is 9.29. The largest absolute Gasteiger partial charge is 0.411 e. The van der Waals surface area contributed by atoms with Crippen LogP contribution in [0.1, 0.15) is 17.2 Å². The van der Waals surface area contributed by atoms with E-state index in [0.29, 0.717) is 5.56 Å². The Balaban J connectivity index is 2.58. The molecule has 4 N–H and O–H groups in total. The van der Waals surface area contributed by atoms with E-state index in [9.17, 15) is 13.2 Å². The van der Waals surface area contributed by atoms with Crippen LogP contribution in [0.15, 0.2) is 12.3 Å². The maximum atomic E-state index is 11.8. The van der Waals surface area contributed by atoms with E-state index in [1.165, 1.54) is 0 Å². The molecule has 1 aromatic heterocycles. The van der Waals surface area contributed by atoms with Gasteiger partial charge in [-0.3, -0.25) is 0 Å². The number of nitrogen functional groups attached to an aromatic ring is 1. The van der Waals surface area contributed by atoms with E-state index in [1.807, 2.05) is 0 Å². The first kappa shape index (κ1) is 13.7. The molecule has 7 heteroatoms. The van der Waals surface area contributed by atoms with Crippen LogP contribution >= 0.6 is 0 Å². The number of aryl methyl sites for hydroxylation is 1. The fourth-order valence-corrected chi connectivity index (χ4v) is 1.29. The summed E-state index contributed by atoms with van der Waals surface area (Å²) in [5.41, 5.74) is 12.6. The van der Waals surface area contributed by atoms with Crippen molar-refractivity contribution in [1.82, 2.24) is 4.98 Å². The molecule has 0 fully saturated rings. The van der Waals surface area contributed by atoms with E-state index in [0.717, 1.165) is 5.56 Å². The summed E-state index contributed by atoms with van der Waals surface area (Å²) in [5, 5.41) is 0. The van der Waals surface area contributed by atoms with Crippen LogP contribution in [0.25, 0.3) is 0 Å². The fraction of sp³-hybridized carbons (Fsp3) is 0.500. The molecule has 0 aromatic carbocycles. The summed E-state index contributed by atoms with van der Waals surface area (Å²) in [6, 6.07) is 0.967. The van der Waals surface area contributed by atoms with Gasteiger partial charge in [-0.2, -0.15) is 13.2 Å². The Hall–Kier alpha value is -1.34. The Labute approximate surface area is 96.8 Å². The molecule has 1 unspecified atom stereocenters. The molecule has 1 aromatic rings. The van der Waals surface area contributed by atoms with Crippen molar-refractivity contribution in [2.24, 2.45) is 5.73 Å². The fourth-order valence-electron chi connectivity index (χ4n) is 1.29. The van der Waals surface area contributed by atoms with Gasteiger partial charge in [0.2, 0.25) is 0 Å². The van der Waals surface area contributed by atoms with Gasteiger partial charge in [0.25, 0.3) is 0 Å². The highest BCUT2D eigenvalue weighted by Crippen LogP contribution is 2.19. The number of nitrogens with two attached hydrogens (primary N) is 2. The number of ether oxygens (including phenoxy) is 1. The summed E-state index contributed by atoms with van der Waals surface area (Å²) < 4.78 is 40.0. The monoisotopic (exact) mass is 249 g/mol. The molecule has 96 valence electrons. The van der Waals surface area contributed by atoms with Crippen molar-refractivity contribution < 1.29 is 17.9 Å². The summed E-state index contributed by atoms with van der Waals surface area (Å²) >= 11 is 0. The lowest BCUT2D eigenvalue weighted by atomic mass is 10.1. The Morgan fingerprint density at radius 3 is 2.71 bits per heavy atom. The van der Waals surface area contributed by atoms with Gasteiger partial charge >= 0.3 is 6.18 Å². The Kier molecular flexibility index (Phi) is 4.30. The topological polar surface area (TPSA) is 74.2 Å². The van der Waals surface area contributed by atoms with Crippen LogP contribution in [0, 0.1) is 6.92 Å². The van der Waals surface area contributed by atoms with Crippen molar-refractivity contribution in [3.05, 3.63) is 23.4 Å². The van der Waals surface area contributed by atoms with Crippen LogP contribution in [-0.2, 0) is 4.74 Å². The van der Waals surface area contributed by atoms with Gasteiger partial charge in [0.05, 0.1) is 12.6 Å². The van der Waals surface area contributed by atoms with Crippen molar-refractivity contribution in [3.63, 3.8) is 0 Å². The van der Waals surface area contributed by atoms with Gasteiger partial charge in [-0.25, -0.2) is 4.98 Å². The molecule has 0 aliphatic carbocycles. The lowest BCUT2D eigenvalue weighted by Crippen LogP contribution is -2.24. The van der Waals surface area contributed by atoms with Gasteiger partial charge in [0, 0.05) is 11.8 Å². The van der Waals surface area contributed by atoms with Crippen LogP contribution in [-0.4, -0.2) is 24.4 Å². The summed E-state index contributed by atoms with van der Waals surface area (Å²) in [5.74, 6) is 0.207. The van der Waals surface area contributed by atoms with Crippen LogP contribution < -0.4 is 11.5 Å². The third-order valence-electron chi connectivity index (χ3n) is 2.05. The second kappa shape index (κ2) is 5.33. The number of halogens is 3. The minimum absolute atomic E-state index is 0.207. The summed E-state index contributed by atoms with van der Waals surface area (Å²) in [6.07, 6.45) is -2.79. The third kappa shape index (κ3) is 4.58. The lowest BCUT2D eigenvalue weighted by molar-refractivity contribution is -0.174. The number of anilines is 1. The molecule has 0 bridgehead atoms. The van der Waals surface area contributed by atoms with Crippen LogP contribution in [0.5, 0.6) is 0 Å². The van der Waals surface area contributed by atoms with Gasteiger partial charge in [0.1, 0.15) is 12.4 Å². The smallest absolute Gasteiger partial charge is 0.383 e. The summed E-state index contributed by atoms with van der Waals surface area (Å²) in [7, 11) is 0. The van der Waals surface area contributed by atoms with E-state index in [2.05, 4.69) is 9.72 Å². The molecule has 0 aliphatic heterocycles. The Morgan fingerprint density at radius 1 is 1.47 bits per heavy atom. The average Bonchev–Trinajstić information content (AvgIpc) is 2.19.